The minimum Gasteiger partial charge on any atom is -0.504 e. The number of ether oxygens (including phenoxy) is 1. The SMILES string of the molecule is CCCCCCC(=O)C=CC=Cc1ccc(O)c(OCCCC)c1. The van der Waals surface area contributed by atoms with E-state index in [4.69, 9.17) is 4.74 Å². The van der Waals surface area contributed by atoms with Gasteiger partial charge in [-0.15, -0.1) is 0 Å². The van der Waals surface area contributed by atoms with Crippen LogP contribution in [0.3, 0.4) is 0 Å². The van der Waals surface area contributed by atoms with Crippen LogP contribution in [0, 0.1) is 0 Å². The molecule has 0 atom stereocenters. The van der Waals surface area contributed by atoms with E-state index in [1.807, 2.05) is 24.3 Å². The van der Waals surface area contributed by atoms with Crippen molar-refractivity contribution >= 4 is 11.9 Å². The van der Waals surface area contributed by atoms with E-state index in [1.165, 1.54) is 12.8 Å². The molecule has 0 aliphatic rings. The molecule has 24 heavy (non-hydrogen) atoms. The molecule has 0 aliphatic carbocycles. The van der Waals surface area contributed by atoms with Crippen LogP contribution in [0.5, 0.6) is 11.5 Å². The number of hydrogen-bond donors (Lipinski definition) is 1. The second-order valence-corrected chi connectivity index (χ2v) is 5.92. The van der Waals surface area contributed by atoms with Crippen molar-refractivity contribution in [3.63, 3.8) is 0 Å². The third kappa shape index (κ3) is 8.56. The maximum absolute atomic E-state index is 11.7. The minimum atomic E-state index is 0.154. The molecule has 0 unspecified atom stereocenters. The van der Waals surface area contributed by atoms with Gasteiger partial charge >= 0.3 is 0 Å². The molecule has 1 aromatic rings. The Bertz CT molecular complexity index is 544. The van der Waals surface area contributed by atoms with E-state index in [0.29, 0.717) is 18.8 Å². The summed E-state index contributed by atoms with van der Waals surface area (Å²) in [6, 6.07) is 5.25. The smallest absolute Gasteiger partial charge is 0.161 e. The first-order chi connectivity index (χ1) is 11.7. The first-order valence-corrected chi connectivity index (χ1v) is 9.00. The van der Waals surface area contributed by atoms with Crippen LogP contribution in [0.4, 0.5) is 0 Å². The molecule has 0 saturated heterocycles. The van der Waals surface area contributed by atoms with Crippen molar-refractivity contribution < 1.29 is 14.6 Å². The maximum Gasteiger partial charge on any atom is 0.161 e. The highest BCUT2D eigenvalue weighted by Crippen LogP contribution is 2.27. The zero-order valence-electron chi connectivity index (χ0n) is 15.0. The molecule has 3 heteroatoms. The number of carbonyl (C=O) groups is 1. The summed E-state index contributed by atoms with van der Waals surface area (Å²) < 4.78 is 5.57. The average molecular weight is 330 g/mol. The molecule has 0 spiro atoms. The Morgan fingerprint density at radius 1 is 1.08 bits per heavy atom. The Kier molecular flexibility index (Phi) is 10.3. The highest BCUT2D eigenvalue weighted by atomic mass is 16.5. The van der Waals surface area contributed by atoms with Gasteiger partial charge in [0.1, 0.15) is 0 Å². The Labute approximate surface area is 146 Å². The van der Waals surface area contributed by atoms with Crippen LogP contribution < -0.4 is 4.74 Å². The molecule has 1 rings (SSSR count). The van der Waals surface area contributed by atoms with Crippen molar-refractivity contribution in [3.8, 4) is 11.5 Å². The normalized spacial score (nSPS) is 11.4. The van der Waals surface area contributed by atoms with E-state index >= 15 is 0 Å². The quantitative estimate of drug-likeness (QED) is 0.305. The van der Waals surface area contributed by atoms with Crippen LogP contribution >= 0.6 is 0 Å². The largest absolute Gasteiger partial charge is 0.504 e. The van der Waals surface area contributed by atoms with Crippen molar-refractivity contribution in [2.75, 3.05) is 6.61 Å². The third-order valence-electron chi connectivity index (χ3n) is 3.70. The number of aromatic hydroxyl groups is 1. The Balaban J connectivity index is 2.47. The van der Waals surface area contributed by atoms with Gasteiger partial charge in [0.2, 0.25) is 0 Å². The Morgan fingerprint density at radius 3 is 2.62 bits per heavy atom. The summed E-state index contributed by atoms with van der Waals surface area (Å²) in [6.45, 7) is 4.86. The molecule has 0 amide bonds. The molecule has 0 fully saturated rings. The number of benzene rings is 1. The molecular formula is C21H30O3. The van der Waals surface area contributed by atoms with Gasteiger partial charge in [0, 0.05) is 6.42 Å². The van der Waals surface area contributed by atoms with Gasteiger partial charge in [0.25, 0.3) is 0 Å². The van der Waals surface area contributed by atoms with Gasteiger partial charge in [-0.2, -0.15) is 0 Å². The fraction of sp³-hybridized carbons (Fsp3) is 0.476. The highest BCUT2D eigenvalue weighted by Gasteiger charge is 2.02. The Morgan fingerprint density at radius 2 is 1.88 bits per heavy atom. The van der Waals surface area contributed by atoms with E-state index in [1.54, 1.807) is 18.2 Å². The molecule has 0 saturated carbocycles. The molecule has 0 aliphatic heterocycles. The lowest BCUT2D eigenvalue weighted by Gasteiger charge is -2.08. The van der Waals surface area contributed by atoms with Crippen LogP contribution in [0.25, 0.3) is 6.08 Å². The molecule has 1 aromatic carbocycles. The highest BCUT2D eigenvalue weighted by molar-refractivity contribution is 5.89. The predicted molar refractivity (Wildman–Crippen MR) is 100 cm³/mol. The van der Waals surface area contributed by atoms with E-state index in [9.17, 15) is 9.90 Å². The summed E-state index contributed by atoms with van der Waals surface area (Å²) in [6.07, 6.45) is 14.2. The second kappa shape index (κ2) is 12.4. The number of allylic oxidation sites excluding steroid dienone is 3. The fourth-order valence-electron chi connectivity index (χ4n) is 2.22. The molecule has 0 aromatic heterocycles. The first-order valence-electron chi connectivity index (χ1n) is 9.00. The lowest BCUT2D eigenvalue weighted by molar-refractivity contribution is -0.114. The van der Waals surface area contributed by atoms with Gasteiger partial charge in [0.05, 0.1) is 6.61 Å². The van der Waals surface area contributed by atoms with Crippen molar-refractivity contribution in [3.05, 3.63) is 42.0 Å². The zero-order valence-corrected chi connectivity index (χ0v) is 15.0. The molecule has 132 valence electrons. The third-order valence-corrected chi connectivity index (χ3v) is 3.70. The molecule has 1 N–H and O–H groups in total. The monoisotopic (exact) mass is 330 g/mol. The molecule has 3 nitrogen and oxygen atoms in total. The van der Waals surface area contributed by atoms with Gasteiger partial charge in [-0.25, -0.2) is 0 Å². The summed E-state index contributed by atoms with van der Waals surface area (Å²) in [5.41, 5.74) is 0.930. The van der Waals surface area contributed by atoms with Crippen LogP contribution in [0.2, 0.25) is 0 Å². The van der Waals surface area contributed by atoms with Gasteiger partial charge in [0.15, 0.2) is 17.3 Å². The molecule has 0 heterocycles. The van der Waals surface area contributed by atoms with Gasteiger partial charge < -0.3 is 9.84 Å². The number of phenolic OH excluding ortho intramolecular Hbond substituents is 1. The number of ketones is 1. The summed E-state index contributed by atoms with van der Waals surface area (Å²) in [7, 11) is 0. The van der Waals surface area contributed by atoms with E-state index in [2.05, 4.69) is 13.8 Å². The zero-order chi connectivity index (χ0) is 17.6. The van der Waals surface area contributed by atoms with Crippen LogP contribution in [0.15, 0.2) is 36.4 Å². The minimum absolute atomic E-state index is 0.154. The van der Waals surface area contributed by atoms with E-state index in [0.717, 1.165) is 31.2 Å². The van der Waals surface area contributed by atoms with Crippen LogP contribution in [0.1, 0.15) is 64.4 Å². The average Bonchev–Trinajstić information content (AvgIpc) is 2.58. The lowest BCUT2D eigenvalue weighted by Crippen LogP contribution is -1.96. The molecule has 0 radical (unpaired) electrons. The van der Waals surface area contributed by atoms with Crippen molar-refractivity contribution in [1.29, 1.82) is 0 Å². The number of unbranched alkanes of at least 4 members (excludes halogenated alkanes) is 4. The van der Waals surface area contributed by atoms with Crippen molar-refractivity contribution in [2.24, 2.45) is 0 Å². The van der Waals surface area contributed by atoms with Crippen molar-refractivity contribution in [2.45, 2.75) is 58.8 Å². The summed E-state index contributed by atoms with van der Waals surface area (Å²) in [5, 5.41) is 9.79. The van der Waals surface area contributed by atoms with Gasteiger partial charge in [-0.3, -0.25) is 4.79 Å². The Hall–Kier alpha value is -2.03. The van der Waals surface area contributed by atoms with E-state index in [-0.39, 0.29) is 11.5 Å². The summed E-state index contributed by atoms with van der Waals surface area (Å²) >= 11 is 0. The predicted octanol–water partition coefficient (Wildman–Crippen LogP) is 5.68. The second-order valence-electron chi connectivity index (χ2n) is 5.92. The molecule has 0 bridgehead atoms. The number of carbonyl (C=O) groups excluding carboxylic acids is 1. The maximum atomic E-state index is 11.7. The van der Waals surface area contributed by atoms with Crippen LogP contribution in [-0.2, 0) is 4.79 Å². The fourth-order valence-corrected chi connectivity index (χ4v) is 2.22. The standard InChI is InChI=1S/C21H30O3/c1-3-5-7-8-12-19(22)13-10-9-11-18-14-15-20(23)21(17-18)24-16-6-4-2/h9-11,13-15,17,23H,3-8,12,16H2,1-2H3. The first kappa shape index (κ1) is 20.0. The number of rotatable bonds is 12. The van der Waals surface area contributed by atoms with Gasteiger partial charge in [-0.1, -0.05) is 63.8 Å². The van der Waals surface area contributed by atoms with E-state index < -0.39 is 0 Å². The van der Waals surface area contributed by atoms with Gasteiger partial charge in [-0.05, 0) is 36.6 Å². The number of hydrogen-bond acceptors (Lipinski definition) is 3. The van der Waals surface area contributed by atoms with Crippen LogP contribution in [-0.4, -0.2) is 17.5 Å². The summed E-state index contributed by atoms with van der Waals surface area (Å²) in [5.74, 6) is 0.827. The topological polar surface area (TPSA) is 46.5 Å². The lowest BCUT2D eigenvalue weighted by atomic mass is 10.1. The number of phenols is 1. The summed E-state index contributed by atoms with van der Waals surface area (Å²) in [4.78, 5) is 11.7. The molecular weight excluding hydrogens is 300 g/mol. The van der Waals surface area contributed by atoms with Crippen molar-refractivity contribution in [1.82, 2.24) is 0 Å².